The average Bonchev–Trinajstić information content (AvgIpc) is 2.68. The molecule has 4 nitrogen and oxygen atoms in total. The molecule has 0 bridgehead atoms. The molecule has 0 aliphatic carbocycles. The molecule has 0 saturated carbocycles. The highest BCUT2D eigenvalue weighted by molar-refractivity contribution is 9.10. The van der Waals surface area contributed by atoms with Crippen LogP contribution >= 0.6 is 15.9 Å². The average molecular weight is 287 g/mol. The maximum Gasteiger partial charge on any atom is 0.288 e. The quantitative estimate of drug-likeness (QED) is 0.871. The molecule has 2 unspecified atom stereocenters. The van der Waals surface area contributed by atoms with Crippen LogP contribution < -0.4 is 10.6 Å². The second kappa shape index (κ2) is 5.01. The molecule has 1 saturated heterocycles. The summed E-state index contributed by atoms with van der Waals surface area (Å²) in [5.41, 5.74) is 0. The van der Waals surface area contributed by atoms with E-state index in [9.17, 15) is 4.79 Å². The van der Waals surface area contributed by atoms with Gasteiger partial charge in [-0.1, -0.05) is 6.92 Å². The predicted octanol–water partition coefficient (Wildman–Crippen LogP) is 1.77. The first-order valence-corrected chi connectivity index (χ1v) is 6.22. The number of nitrogens with one attached hydrogen (secondary N) is 2. The van der Waals surface area contributed by atoms with Crippen LogP contribution in [0.15, 0.2) is 21.2 Å². The van der Waals surface area contributed by atoms with Gasteiger partial charge in [0.2, 0.25) is 5.76 Å². The van der Waals surface area contributed by atoms with Crippen LogP contribution in [0.2, 0.25) is 0 Å². The Kier molecular flexibility index (Phi) is 3.66. The van der Waals surface area contributed by atoms with E-state index >= 15 is 0 Å². The van der Waals surface area contributed by atoms with Crippen molar-refractivity contribution in [3.05, 3.63) is 22.6 Å². The molecule has 2 N–H and O–H groups in total. The number of carbonyl (C=O) groups is 1. The first-order chi connectivity index (χ1) is 7.68. The van der Waals surface area contributed by atoms with Crippen LogP contribution in [0.1, 0.15) is 23.9 Å². The highest BCUT2D eigenvalue weighted by Gasteiger charge is 2.24. The summed E-state index contributed by atoms with van der Waals surface area (Å²) in [7, 11) is 0. The van der Waals surface area contributed by atoms with Crippen molar-refractivity contribution in [1.82, 2.24) is 10.6 Å². The number of amides is 1. The maximum atomic E-state index is 11.9. The second-order valence-corrected chi connectivity index (χ2v) is 5.00. The predicted molar refractivity (Wildman–Crippen MR) is 64.3 cm³/mol. The number of halogens is 1. The lowest BCUT2D eigenvalue weighted by Gasteiger charge is -2.29. The zero-order valence-corrected chi connectivity index (χ0v) is 10.7. The monoisotopic (exact) mass is 286 g/mol. The van der Waals surface area contributed by atoms with Gasteiger partial charge in [0, 0.05) is 12.6 Å². The highest BCUT2D eigenvalue weighted by atomic mass is 79.9. The topological polar surface area (TPSA) is 54.3 Å². The maximum absolute atomic E-state index is 11.9. The Hall–Kier alpha value is -0.810. The molecule has 1 aromatic heterocycles. The van der Waals surface area contributed by atoms with Gasteiger partial charge in [-0.15, -0.1) is 0 Å². The lowest BCUT2D eigenvalue weighted by Crippen LogP contribution is -2.50. The zero-order chi connectivity index (χ0) is 11.5. The molecule has 1 aromatic rings. The Bertz CT molecular complexity index is 378. The van der Waals surface area contributed by atoms with Crippen LogP contribution in [0.5, 0.6) is 0 Å². The Morgan fingerprint density at radius 3 is 3.12 bits per heavy atom. The molecule has 0 spiro atoms. The van der Waals surface area contributed by atoms with Gasteiger partial charge in [-0.25, -0.2) is 0 Å². The number of hydrogen-bond donors (Lipinski definition) is 2. The molecule has 1 fully saturated rings. The van der Waals surface area contributed by atoms with Crippen molar-refractivity contribution in [2.75, 3.05) is 13.1 Å². The first kappa shape index (κ1) is 11.7. The standard InChI is InChI=1S/C11H15BrN2O2/c1-7-2-4-13-6-9(7)14-11(15)10-8(12)3-5-16-10/h3,5,7,9,13H,2,4,6H2,1H3,(H,14,15). The molecule has 16 heavy (non-hydrogen) atoms. The minimum absolute atomic E-state index is 0.155. The third-order valence-electron chi connectivity index (χ3n) is 2.97. The minimum Gasteiger partial charge on any atom is -0.458 e. The van der Waals surface area contributed by atoms with E-state index in [0.29, 0.717) is 16.2 Å². The largest absolute Gasteiger partial charge is 0.458 e. The van der Waals surface area contributed by atoms with Crippen molar-refractivity contribution in [3.8, 4) is 0 Å². The summed E-state index contributed by atoms with van der Waals surface area (Å²) in [5, 5.41) is 6.26. The Morgan fingerprint density at radius 1 is 1.69 bits per heavy atom. The summed E-state index contributed by atoms with van der Waals surface area (Å²) in [5.74, 6) is 0.689. The van der Waals surface area contributed by atoms with E-state index < -0.39 is 0 Å². The third kappa shape index (κ3) is 2.47. The van der Waals surface area contributed by atoms with Gasteiger partial charge in [0.15, 0.2) is 0 Å². The number of rotatable bonds is 2. The van der Waals surface area contributed by atoms with Crippen molar-refractivity contribution in [2.45, 2.75) is 19.4 Å². The summed E-state index contributed by atoms with van der Waals surface area (Å²) in [6, 6.07) is 1.90. The SMILES string of the molecule is CC1CCNCC1NC(=O)c1occc1Br. The molecule has 2 heterocycles. The highest BCUT2D eigenvalue weighted by Crippen LogP contribution is 2.18. The number of carbonyl (C=O) groups excluding carboxylic acids is 1. The van der Waals surface area contributed by atoms with Crippen LogP contribution in [0.3, 0.4) is 0 Å². The van der Waals surface area contributed by atoms with Gasteiger partial charge in [-0.2, -0.15) is 0 Å². The molecule has 5 heteroatoms. The van der Waals surface area contributed by atoms with Crippen LogP contribution in [-0.4, -0.2) is 25.0 Å². The van der Waals surface area contributed by atoms with Crippen molar-refractivity contribution < 1.29 is 9.21 Å². The van der Waals surface area contributed by atoms with Crippen LogP contribution in [0, 0.1) is 5.92 Å². The fraction of sp³-hybridized carbons (Fsp3) is 0.545. The Balaban J connectivity index is 1.99. The van der Waals surface area contributed by atoms with E-state index in [-0.39, 0.29) is 11.9 Å². The minimum atomic E-state index is -0.155. The molecule has 1 aliphatic rings. The van der Waals surface area contributed by atoms with Gasteiger partial charge >= 0.3 is 0 Å². The van der Waals surface area contributed by atoms with E-state index in [1.165, 1.54) is 6.26 Å². The lowest BCUT2D eigenvalue weighted by molar-refractivity contribution is 0.0886. The van der Waals surface area contributed by atoms with Crippen molar-refractivity contribution in [2.24, 2.45) is 5.92 Å². The van der Waals surface area contributed by atoms with Gasteiger partial charge in [0.25, 0.3) is 5.91 Å². The third-order valence-corrected chi connectivity index (χ3v) is 3.59. The molecular weight excluding hydrogens is 272 g/mol. The zero-order valence-electron chi connectivity index (χ0n) is 9.13. The van der Waals surface area contributed by atoms with Gasteiger partial charge in [-0.3, -0.25) is 4.79 Å². The van der Waals surface area contributed by atoms with Crippen LogP contribution in [0.25, 0.3) is 0 Å². The first-order valence-electron chi connectivity index (χ1n) is 5.43. The van der Waals surface area contributed by atoms with E-state index in [4.69, 9.17) is 4.42 Å². The summed E-state index contributed by atoms with van der Waals surface area (Å²) >= 11 is 3.28. The van der Waals surface area contributed by atoms with Crippen molar-refractivity contribution in [3.63, 3.8) is 0 Å². The number of furan rings is 1. The summed E-state index contributed by atoms with van der Waals surface area (Å²) in [4.78, 5) is 11.9. The van der Waals surface area contributed by atoms with Crippen LogP contribution in [-0.2, 0) is 0 Å². The molecule has 0 radical (unpaired) electrons. The van der Waals surface area contributed by atoms with Gasteiger partial charge in [-0.05, 0) is 40.9 Å². The fourth-order valence-electron chi connectivity index (χ4n) is 1.87. The van der Waals surface area contributed by atoms with Gasteiger partial charge < -0.3 is 15.1 Å². The second-order valence-electron chi connectivity index (χ2n) is 4.15. The van der Waals surface area contributed by atoms with Gasteiger partial charge in [0.1, 0.15) is 0 Å². The van der Waals surface area contributed by atoms with Crippen molar-refractivity contribution in [1.29, 1.82) is 0 Å². The summed E-state index contributed by atoms with van der Waals surface area (Å²) in [6.45, 7) is 4.01. The van der Waals surface area contributed by atoms with E-state index in [1.54, 1.807) is 6.07 Å². The molecular formula is C11H15BrN2O2. The number of hydrogen-bond acceptors (Lipinski definition) is 3. The molecule has 0 aromatic carbocycles. The van der Waals surface area contributed by atoms with Crippen molar-refractivity contribution >= 4 is 21.8 Å². The van der Waals surface area contributed by atoms with Gasteiger partial charge in [0.05, 0.1) is 10.7 Å². The summed E-state index contributed by atoms with van der Waals surface area (Å²) in [6.07, 6.45) is 2.59. The lowest BCUT2D eigenvalue weighted by atomic mass is 9.95. The molecule has 2 atom stereocenters. The molecule has 2 rings (SSSR count). The Morgan fingerprint density at radius 2 is 2.50 bits per heavy atom. The molecule has 1 aliphatic heterocycles. The smallest absolute Gasteiger partial charge is 0.288 e. The Labute approximate surface area is 103 Å². The molecule has 1 amide bonds. The molecule has 88 valence electrons. The van der Waals surface area contributed by atoms with E-state index in [0.717, 1.165) is 19.5 Å². The van der Waals surface area contributed by atoms with E-state index in [2.05, 4.69) is 33.5 Å². The number of piperidine rings is 1. The fourth-order valence-corrected chi connectivity index (χ4v) is 2.25. The van der Waals surface area contributed by atoms with E-state index in [1.807, 2.05) is 0 Å². The normalized spacial score (nSPS) is 25.4. The van der Waals surface area contributed by atoms with Crippen LogP contribution in [0.4, 0.5) is 0 Å². The summed E-state index contributed by atoms with van der Waals surface area (Å²) < 4.78 is 5.82.